The summed E-state index contributed by atoms with van der Waals surface area (Å²) in [5, 5.41) is 0. The van der Waals surface area contributed by atoms with Crippen molar-refractivity contribution < 1.29 is 28.6 Å². The van der Waals surface area contributed by atoms with Gasteiger partial charge in [0, 0.05) is 24.4 Å². The van der Waals surface area contributed by atoms with Crippen LogP contribution in [0.3, 0.4) is 0 Å². The molecule has 0 N–H and O–H groups in total. The third kappa shape index (κ3) is 5.20. The van der Waals surface area contributed by atoms with Crippen molar-refractivity contribution in [3.63, 3.8) is 0 Å². The second kappa shape index (κ2) is 7.40. The van der Waals surface area contributed by atoms with Crippen LogP contribution < -0.4 is 4.52 Å². The van der Waals surface area contributed by atoms with E-state index in [0.717, 1.165) is 16.3 Å². The standard InChI is InChI=1S/C12H11O2PS2.Zn/c13-15(16,14-11-7-3-1-4-8-11)17-12-9-5-2-6-10-12;/h1-10H,(H,13,16);. The van der Waals surface area contributed by atoms with Crippen LogP contribution in [-0.2, 0) is 24.0 Å². The summed E-state index contributed by atoms with van der Waals surface area (Å²) in [5.74, 6) is -2.46. The van der Waals surface area contributed by atoms with Crippen molar-refractivity contribution in [1.29, 1.82) is 0 Å². The van der Waals surface area contributed by atoms with Gasteiger partial charge in [-0.3, -0.25) is 4.57 Å². The van der Waals surface area contributed by atoms with E-state index in [1.165, 1.54) is 0 Å². The molecule has 6 heteroatoms. The van der Waals surface area contributed by atoms with Crippen LogP contribution in [0.15, 0.2) is 65.6 Å². The first-order valence-electron chi connectivity index (χ1n) is 4.98. The van der Waals surface area contributed by atoms with E-state index in [4.69, 9.17) is 4.52 Å². The van der Waals surface area contributed by atoms with Crippen molar-refractivity contribution in [3.8, 4) is 5.75 Å². The topological polar surface area (TPSA) is 26.3 Å². The Morgan fingerprint density at radius 3 is 2.00 bits per heavy atom. The smallest absolute Gasteiger partial charge is 0.361 e. The molecule has 0 saturated carbocycles. The molecule has 0 spiro atoms. The number of thiol groups is 1. The molecule has 90 valence electrons. The quantitative estimate of drug-likeness (QED) is 0.484. The van der Waals surface area contributed by atoms with Crippen molar-refractivity contribution in [2.24, 2.45) is 0 Å². The Bertz CT molecular complexity index is 477. The summed E-state index contributed by atoms with van der Waals surface area (Å²) < 4.78 is 17.5. The van der Waals surface area contributed by atoms with Crippen LogP contribution in [0.2, 0.25) is 0 Å². The van der Waals surface area contributed by atoms with Gasteiger partial charge in [0.25, 0.3) is 0 Å². The van der Waals surface area contributed by atoms with Crippen LogP contribution in [0.4, 0.5) is 0 Å². The van der Waals surface area contributed by atoms with Crippen LogP contribution in [0.5, 0.6) is 5.75 Å². The van der Waals surface area contributed by atoms with Gasteiger partial charge in [0.1, 0.15) is 5.75 Å². The van der Waals surface area contributed by atoms with Crippen LogP contribution in [0.25, 0.3) is 0 Å². The Kier molecular flexibility index (Phi) is 6.52. The zero-order valence-electron chi connectivity index (χ0n) is 9.60. The molecule has 0 aromatic heterocycles. The van der Waals surface area contributed by atoms with Gasteiger partial charge in [-0.25, -0.2) is 0 Å². The van der Waals surface area contributed by atoms with E-state index in [1.807, 2.05) is 48.5 Å². The molecule has 0 amide bonds. The molecule has 1 unspecified atom stereocenters. The van der Waals surface area contributed by atoms with E-state index in [0.29, 0.717) is 5.75 Å². The molecule has 2 rings (SSSR count). The first-order chi connectivity index (χ1) is 8.16. The van der Waals surface area contributed by atoms with E-state index in [2.05, 4.69) is 12.2 Å². The normalized spacial score (nSPS) is 13.2. The Morgan fingerprint density at radius 1 is 0.944 bits per heavy atom. The average Bonchev–Trinajstić information content (AvgIpc) is 2.30. The molecule has 0 aliphatic rings. The van der Waals surface area contributed by atoms with Crippen molar-refractivity contribution in [1.82, 2.24) is 0 Å². The van der Waals surface area contributed by atoms with Crippen molar-refractivity contribution in [2.45, 2.75) is 4.90 Å². The van der Waals surface area contributed by atoms with Gasteiger partial charge < -0.3 is 4.52 Å². The molecule has 0 aliphatic carbocycles. The largest absolute Gasteiger partial charge is 0.429 e. The summed E-state index contributed by atoms with van der Waals surface area (Å²) in [7, 11) is 0. The summed E-state index contributed by atoms with van der Waals surface area (Å²) in [6, 6.07) is 18.5. The fraction of sp³-hybridized carbons (Fsp3) is 0. The predicted molar refractivity (Wildman–Crippen MR) is 76.0 cm³/mol. The molecule has 0 radical (unpaired) electrons. The maximum absolute atomic E-state index is 12.2. The second-order valence-corrected chi connectivity index (χ2v) is 9.43. The molecule has 0 fully saturated rings. The molecular formula is C12H11O2PS2Zn. The summed E-state index contributed by atoms with van der Waals surface area (Å²) in [6.07, 6.45) is 0. The molecule has 2 nitrogen and oxygen atoms in total. The van der Waals surface area contributed by atoms with Crippen LogP contribution >= 0.6 is 29.4 Å². The second-order valence-electron chi connectivity index (χ2n) is 3.28. The Labute approximate surface area is 129 Å². The fourth-order valence-corrected chi connectivity index (χ4v) is 4.88. The molecule has 0 aliphatic heterocycles. The predicted octanol–water partition coefficient (Wildman–Crippen LogP) is 4.89. The van der Waals surface area contributed by atoms with Gasteiger partial charge >= 0.3 is 5.77 Å². The zero-order valence-corrected chi connectivity index (χ0v) is 15.2. The third-order valence-corrected chi connectivity index (χ3v) is 5.61. The van der Waals surface area contributed by atoms with Gasteiger partial charge in [0.2, 0.25) is 0 Å². The van der Waals surface area contributed by atoms with Crippen molar-refractivity contribution in [3.05, 3.63) is 60.7 Å². The van der Waals surface area contributed by atoms with Crippen LogP contribution in [-0.4, -0.2) is 0 Å². The van der Waals surface area contributed by atoms with Crippen LogP contribution in [0.1, 0.15) is 0 Å². The third-order valence-electron chi connectivity index (χ3n) is 1.93. The first kappa shape index (κ1) is 15.8. The molecule has 0 saturated heterocycles. The summed E-state index contributed by atoms with van der Waals surface area (Å²) in [6.45, 7) is 0. The van der Waals surface area contributed by atoms with Crippen LogP contribution in [0, 0.1) is 0 Å². The van der Waals surface area contributed by atoms with Gasteiger partial charge in [-0.2, -0.15) is 0 Å². The number of hydrogen-bond donors (Lipinski definition) is 1. The zero-order chi connectivity index (χ0) is 12.1. The van der Waals surface area contributed by atoms with Crippen molar-refractivity contribution >= 4 is 29.4 Å². The number of rotatable bonds is 4. The van der Waals surface area contributed by atoms with Gasteiger partial charge in [-0.05, 0) is 35.6 Å². The van der Waals surface area contributed by atoms with Crippen molar-refractivity contribution in [2.75, 3.05) is 0 Å². The van der Waals surface area contributed by atoms with Gasteiger partial charge in [-0.15, -0.1) is 0 Å². The minimum atomic E-state index is -3.03. The molecule has 1 atom stereocenters. The van der Waals surface area contributed by atoms with E-state index in [1.54, 1.807) is 12.1 Å². The van der Waals surface area contributed by atoms with Gasteiger partial charge in [0.15, 0.2) is 0 Å². The average molecular weight is 348 g/mol. The number of hydrogen-bond acceptors (Lipinski definition) is 3. The van der Waals surface area contributed by atoms with E-state index in [9.17, 15) is 4.57 Å². The van der Waals surface area contributed by atoms with Gasteiger partial charge in [-0.1, -0.05) is 48.6 Å². The van der Waals surface area contributed by atoms with E-state index >= 15 is 0 Å². The Hall–Kier alpha value is -0.207. The number of para-hydroxylation sites is 1. The molecule has 0 heterocycles. The number of benzene rings is 2. The SMILES string of the molecule is O=P(S)(Oc1ccccc1)Sc1ccccc1.[Zn]. The van der Waals surface area contributed by atoms with E-state index in [-0.39, 0.29) is 19.5 Å². The maximum atomic E-state index is 12.2. The fourth-order valence-electron chi connectivity index (χ4n) is 1.25. The maximum Gasteiger partial charge on any atom is 0.361 e. The molecule has 2 aromatic rings. The summed E-state index contributed by atoms with van der Waals surface area (Å²) in [5.41, 5.74) is 0. The molecular weight excluding hydrogens is 337 g/mol. The molecule has 0 bridgehead atoms. The first-order valence-corrected chi connectivity index (χ1v) is 9.18. The molecule has 18 heavy (non-hydrogen) atoms. The Balaban J connectivity index is 0.00000162. The Morgan fingerprint density at radius 2 is 1.44 bits per heavy atom. The monoisotopic (exact) mass is 346 g/mol. The minimum Gasteiger partial charge on any atom is -0.429 e. The summed E-state index contributed by atoms with van der Waals surface area (Å²) >= 11 is 5.24. The minimum absolute atomic E-state index is 0. The molecule has 2 aromatic carbocycles. The van der Waals surface area contributed by atoms with E-state index < -0.39 is 5.77 Å². The summed E-state index contributed by atoms with van der Waals surface area (Å²) in [4.78, 5) is 0.877. The van der Waals surface area contributed by atoms with Gasteiger partial charge in [0.05, 0.1) is 0 Å².